The highest BCUT2D eigenvalue weighted by atomic mass is 35.5. The van der Waals surface area contributed by atoms with E-state index in [1.807, 2.05) is 30.3 Å². The predicted molar refractivity (Wildman–Crippen MR) is 97.0 cm³/mol. The highest BCUT2D eigenvalue weighted by Crippen LogP contribution is 2.34. The highest BCUT2D eigenvalue weighted by Gasteiger charge is 2.26. The van der Waals surface area contributed by atoms with E-state index < -0.39 is 0 Å². The minimum Gasteiger partial charge on any atom is -0.493 e. The van der Waals surface area contributed by atoms with E-state index in [0.29, 0.717) is 0 Å². The van der Waals surface area contributed by atoms with Gasteiger partial charge in [0.1, 0.15) is 0 Å². The molecule has 3 rings (SSSR count). The van der Waals surface area contributed by atoms with Gasteiger partial charge in [-0.25, -0.2) is 0 Å². The molecule has 0 spiro atoms. The number of methoxy groups -OCH3 is 2. The average molecular weight is 347 g/mol. The maximum absolute atomic E-state index is 6.43. The van der Waals surface area contributed by atoms with Crippen molar-refractivity contribution in [3.05, 3.63) is 58.6 Å². The van der Waals surface area contributed by atoms with Gasteiger partial charge in [-0.2, -0.15) is 0 Å². The van der Waals surface area contributed by atoms with Crippen molar-refractivity contribution in [3.8, 4) is 11.5 Å². The zero-order valence-electron chi connectivity index (χ0n) is 14.1. The maximum Gasteiger partial charge on any atom is 0.165 e. The lowest BCUT2D eigenvalue weighted by atomic mass is 10.0. The molecule has 1 unspecified atom stereocenters. The van der Waals surface area contributed by atoms with Crippen LogP contribution in [0.4, 0.5) is 0 Å². The summed E-state index contributed by atoms with van der Waals surface area (Å²) in [5, 5.41) is 4.28. The number of hydrogen-bond donors (Lipinski definition) is 1. The van der Waals surface area contributed by atoms with Crippen molar-refractivity contribution in [2.75, 3.05) is 33.9 Å². The second kappa shape index (κ2) is 7.88. The van der Waals surface area contributed by atoms with Crippen LogP contribution in [0.2, 0.25) is 5.02 Å². The zero-order chi connectivity index (χ0) is 16.9. The van der Waals surface area contributed by atoms with E-state index in [2.05, 4.69) is 22.3 Å². The summed E-state index contributed by atoms with van der Waals surface area (Å²) in [6, 6.07) is 14.3. The lowest BCUT2D eigenvalue weighted by Crippen LogP contribution is -2.45. The van der Waals surface area contributed by atoms with Crippen LogP contribution in [0.25, 0.3) is 0 Å². The molecule has 0 aromatic heterocycles. The van der Waals surface area contributed by atoms with Crippen molar-refractivity contribution in [1.82, 2.24) is 10.2 Å². The summed E-state index contributed by atoms with van der Waals surface area (Å²) in [4.78, 5) is 2.44. The predicted octanol–water partition coefficient (Wildman–Crippen LogP) is 3.50. The fourth-order valence-corrected chi connectivity index (χ4v) is 3.55. The van der Waals surface area contributed by atoms with Crippen molar-refractivity contribution < 1.29 is 9.47 Å². The number of nitrogens with zero attached hydrogens (tertiary/aromatic N) is 1. The Morgan fingerprint density at radius 2 is 1.96 bits per heavy atom. The van der Waals surface area contributed by atoms with Gasteiger partial charge >= 0.3 is 0 Å². The van der Waals surface area contributed by atoms with Crippen LogP contribution in [-0.2, 0) is 6.54 Å². The van der Waals surface area contributed by atoms with E-state index >= 15 is 0 Å². The van der Waals surface area contributed by atoms with Crippen molar-refractivity contribution in [2.45, 2.75) is 12.6 Å². The van der Waals surface area contributed by atoms with Gasteiger partial charge in [0, 0.05) is 42.8 Å². The second-order valence-electron chi connectivity index (χ2n) is 5.86. The van der Waals surface area contributed by atoms with Crippen LogP contribution in [0, 0.1) is 0 Å². The van der Waals surface area contributed by atoms with Gasteiger partial charge in [-0.15, -0.1) is 0 Å². The van der Waals surface area contributed by atoms with Gasteiger partial charge in [0.05, 0.1) is 14.2 Å². The minimum atomic E-state index is 0.239. The van der Waals surface area contributed by atoms with Crippen LogP contribution in [0.5, 0.6) is 11.5 Å². The summed E-state index contributed by atoms with van der Waals surface area (Å²) in [5.74, 6) is 1.57. The molecule has 2 aromatic carbocycles. The molecule has 1 saturated heterocycles. The first-order chi connectivity index (χ1) is 11.7. The lowest BCUT2D eigenvalue weighted by Gasteiger charge is -2.37. The van der Waals surface area contributed by atoms with Crippen molar-refractivity contribution in [2.24, 2.45) is 0 Å². The van der Waals surface area contributed by atoms with Gasteiger partial charge in [-0.1, -0.05) is 41.9 Å². The number of para-hydroxylation sites is 1. The molecule has 1 aliphatic heterocycles. The normalized spacial score (nSPS) is 18.4. The van der Waals surface area contributed by atoms with Crippen LogP contribution in [0.3, 0.4) is 0 Å². The third-order valence-corrected chi connectivity index (χ3v) is 4.82. The smallest absolute Gasteiger partial charge is 0.165 e. The van der Waals surface area contributed by atoms with E-state index in [0.717, 1.165) is 53.8 Å². The Morgan fingerprint density at radius 3 is 2.71 bits per heavy atom. The first-order valence-electron chi connectivity index (χ1n) is 8.13. The summed E-state index contributed by atoms with van der Waals surface area (Å²) in [7, 11) is 3.35. The van der Waals surface area contributed by atoms with Crippen molar-refractivity contribution in [1.29, 1.82) is 0 Å². The molecule has 0 amide bonds. The second-order valence-corrected chi connectivity index (χ2v) is 6.27. The summed E-state index contributed by atoms with van der Waals surface area (Å²) in [6.45, 7) is 3.59. The SMILES string of the molecule is COc1cccc(CN2CCNCC2c2ccccc2Cl)c1OC. The van der Waals surface area contributed by atoms with Gasteiger partial charge in [0.15, 0.2) is 11.5 Å². The monoisotopic (exact) mass is 346 g/mol. The molecule has 128 valence electrons. The van der Waals surface area contributed by atoms with E-state index in [-0.39, 0.29) is 6.04 Å². The highest BCUT2D eigenvalue weighted by molar-refractivity contribution is 6.31. The summed E-state index contributed by atoms with van der Waals surface area (Å²) >= 11 is 6.43. The molecule has 4 nitrogen and oxygen atoms in total. The van der Waals surface area contributed by atoms with Gasteiger partial charge in [0.2, 0.25) is 0 Å². The van der Waals surface area contributed by atoms with Crippen molar-refractivity contribution in [3.63, 3.8) is 0 Å². The molecule has 1 atom stereocenters. The minimum absolute atomic E-state index is 0.239. The molecule has 0 saturated carbocycles. The number of hydrogen-bond acceptors (Lipinski definition) is 4. The number of ether oxygens (including phenoxy) is 2. The van der Waals surface area contributed by atoms with Crippen LogP contribution in [-0.4, -0.2) is 38.8 Å². The van der Waals surface area contributed by atoms with E-state index in [4.69, 9.17) is 21.1 Å². The molecule has 24 heavy (non-hydrogen) atoms. The van der Waals surface area contributed by atoms with Gasteiger partial charge in [-0.05, 0) is 17.7 Å². The van der Waals surface area contributed by atoms with Gasteiger partial charge in [0.25, 0.3) is 0 Å². The molecule has 0 radical (unpaired) electrons. The molecule has 1 heterocycles. The Kier molecular flexibility index (Phi) is 5.61. The molecule has 0 aliphatic carbocycles. The number of rotatable bonds is 5. The number of halogens is 1. The Bertz CT molecular complexity index is 693. The molecular formula is C19H23ClN2O2. The number of nitrogens with one attached hydrogen (secondary N) is 1. The Labute approximate surface area is 148 Å². The fourth-order valence-electron chi connectivity index (χ4n) is 3.28. The molecule has 1 N–H and O–H groups in total. The standard InChI is InChI=1S/C19H23ClN2O2/c1-23-18-9-5-6-14(19(18)24-2)13-22-11-10-21-12-17(22)15-7-3-4-8-16(15)20/h3-9,17,21H,10-13H2,1-2H3. The topological polar surface area (TPSA) is 33.7 Å². The summed E-state index contributed by atoms with van der Waals surface area (Å²) < 4.78 is 11.0. The summed E-state index contributed by atoms with van der Waals surface area (Å²) in [5.41, 5.74) is 2.28. The quantitative estimate of drug-likeness (QED) is 0.898. The molecule has 0 bridgehead atoms. The first kappa shape index (κ1) is 17.1. The van der Waals surface area contributed by atoms with Crippen LogP contribution >= 0.6 is 11.6 Å². The van der Waals surface area contributed by atoms with E-state index in [1.54, 1.807) is 14.2 Å². The van der Waals surface area contributed by atoms with Crippen LogP contribution in [0.1, 0.15) is 17.2 Å². The molecule has 5 heteroatoms. The first-order valence-corrected chi connectivity index (χ1v) is 8.51. The largest absolute Gasteiger partial charge is 0.493 e. The maximum atomic E-state index is 6.43. The number of piperazine rings is 1. The van der Waals surface area contributed by atoms with E-state index in [9.17, 15) is 0 Å². The third kappa shape index (κ3) is 3.51. The third-order valence-electron chi connectivity index (χ3n) is 4.48. The lowest BCUT2D eigenvalue weighted by molar-refractivity contribution is 0.152. The van der Waals surface area contributed by atoms with Gasteiger partial charge < -0.3 is 14.8 Å². The fraction of sp³-hybridized carbons (Fsp3) is 0.368. The Hall–Kier alpha value is -1.75. The Morgan fingerprint density at radius 1 is 1.12 bits per heavy atom. The molecular weight excluding hydrogens is 324 g/mol. The molecule has 1 fully saturated rings. The molecule has 2 aromatic rings. The van der Waals surface area contributed by atoms with Gasteiger partial charge in [-0.3, -0.25) is 4.90 Å². The number of benzene rings is 2. The zero-order valence-corrected chi connectivity index (χ0v) is 14.8. The van der Waals surface area contributed by atoms with Crippen LogP contribution < -0.4 is 14.8 Å². The molecule has 1 aliphatic rings. The summed E-state index contributed by atoms with van der Waals surface area (Å²) in [6.07, 6.45) is 0. The van der Waals surface area contributed by atoms with Crippen LogP contribution in [0.15, 0.2) is 42.5 Å². The Balaban J connectivity index is 1.89. The average Bonchev–Trinajstić information content (AvgIpc) is 2.62. The van der Waals surface area contributed by atoms with E-state index in [1.165, 1.54) is 0 Å². The van der Waals surface area contributed by atoms with Crippen molar-refractivity contribution >= 4 is 11.6 Å².